The van der Waals surface area contributed by atoms with Crippen molar-refractivity contribution >= 4 is 44.0 Å². The minimum atomic E-state index is -0.334. The van der Waals surface area contributed by atoms with Crippen LogP contribution in [0.2, 0.25) is 0 Å². The Kier molecular flexibility index (Phi) is 4.63. The van der Waals surface area contributed by atoms with Gasteiger partial charge < -0.3 is 10.6 Å². The number of carbonyl (C=O) groups excluding carboxylic acids is 1. The fraction of sp³-hybridized carbons (Fsp3) is 0.105. The Morgan fingerprint density at radius 2 is 1.57 bits per heavy atom. The average molecular weight is 369 g/mol. The molecule has 0 unspecified atom stereocenters. The number of nitrogens with one attached hydrogen (secondary N) is 2. The van der Waals surface area contributed by atoms with E-state index in [-0.39, 0.29) is 11.9 Å². The van der Waals surface area contributed by atoms with Crippen LogP contribution < -0.4 is 10.6 Å². The zero-order valence-corrected chi connectivity index (χ0v) is 14.3. The van der Waals surface area contributed by atoms with Gasteiger partial charge in [-0.1, -0.05) is 46.3 Å². The van der Waals surface area contributed by atoms with Gasteiger partial charge >= 0.3 is 0 Å². The van der Waals surface area contributed by atoms with Gasteiger partial charge in [0.15, 0.2) is 0 Å². The van der Waals surface area contributed by atoms with Gasteiger partial charge in [-0.15, -0.1) is 0 Å². The van der Waals surface area contributed by atoms with Crippen LogP contribution in [0.1, 0.15) is 6.92 Å². The number of anilines is 2. The molecule has 0 saturated carbocycles. The molecule has 0 heterocycles. The third kappa shape index (κ3) is 3.90. The monoisotopic (exact) mass is 368 g/mol. The van der Waals surface area contributed by atoms with E-state index in [1.54, 1.807) is 0 Å². The number of halogens is 1. The predicted octanol–water partition coefficient (Wildman–Crippen LogP) is 5.04. The molecule has 0 saturated heterocycles. The third-order valence-corrected chi connectivity index (χ3v) is 4.17. The van der Waals surface area contributed by atoms with Crippen LogP contribution in [0.5, 0.6) is 0 Å². The number of carbonyl (C=O) groups is 1. The van der Waals surface area contributed by atoms with Crippen LogP contribution in [0, 0.1) is 0 Å². The average Bonchev–Trinajstić information content (AvgIpc) is 2.56. The quantitative estimate of drug-likeness (QED) is 0.676. The molecule has 116 valence electrons. The van der Waals surface area contributed by atoms with Crippen LogP contribution in [0.3, 0.4) is 0 Å². The Labute approximate surface area is 143 Å². The molecular weight excluding hydrogens is 352 g/mol. The van der Waals surface area contributed by atoms with E-state index in [2.05, 4.69) is 50.8 Å². The molecule has 0 aliphatic heterocycles. The highest BCUT2D eigenvalue weighted by molar-refractivity contribution is 9.10. The second-order valence-corrected chi connectivity index (χ2v) is 6.34. The van der Waals surface area contributed by atoms with Gasteiger partial charge in [0.25, 0.3) is 0 Å². The first-order chi connectivity index (χ1) is 11.1. The molecule has 0 aromatic heterocycles. The smallest absolute Gasteiger partial charge is 0.246 e. The molecule has 3 nitrogen and oxygen atoms in total. The summed E-state index contributed by atoms with van der Waals surface area (Å²) >= 11 is 3.38. The molecule has 0 spiro atoms. The van der Waals surface area contributed by atoms with Crippen LogP contribution in [0.4, 0.5) is 11.4 Å². The van der Waals surface area contributed by atoms with Crippen molar-refractivity contribution in [2.45, 2.75) is 13.0 Å². The van der Waals surface area contributed by atoms with Gasteiger partial charge in [-0.05, 0) is 54.1 Å². The fourth-order valence-corrected chi connectivity index (χ4v) is 2.64. The lowest BCUT2D eigenvalue weighted by Crippen LogP contribution is -2.31. The highest BCUT2D eigenvalue weighted by Gasteiger charge is 2.12. The summed E-state index contributed by atoms with van der Waals surface area (Å²) in [5, 5.41) is 8.48. The number of hydrogen-bond donors (Lipinski definition) is 2. The van der Waals surface area contributed by atoms with Crippen LogP contribution in [0.15, 0.2) is 71.2 Å². The lowest BCUT2D eigenvalue weighted by molar-refractivity contribution is -0.116. The van der Waals surface area contributed by atoms with Crippen molar-refractivity contribution in [2.24, 2.45) is 0 Å². The van der Waals surface area contributed by atoms with Crippen LogP contribution in [-0.4, -0.2) is 11.9 Å². The maximum Gasteiger partial charge on any atom is 0.246 e. The number of benzene rings is 3. The second kappa shape index (κ2) is 6.84. The van der Waals surface area contributed by atoms with E-state index < -0.39 is 0 Å². The first-order valence-electron chi connectivity index (χ1n) is 7.43. The van der Waals surface area contributed by atoms with Crippen molar-refractivity contribution in [3.05, 3.63) is 71.2 Å². The van der Waals surface area contributed by atoms with Gasteiger partial charge in [0.1, 0.15) is 6.04 Å². The first kappa shape index (κ1) is 15.6. The van der Waals surface area contributed by atoms with Gasteiger partial charge in [-0.25, -0.2) is 0 Å². The summed E-state index contributed by atoms with van der Waals surface area (Å²) in [5.41, 5.74) is 1.72. The number of amides is 1. The molecule has 3 aromatic carbocycles. The van der Waals surface area contributed by atoms with Crippen molar-refractivity contribution in [3.8, 4) is 0 Å². The van der Waals surface area contributed by atoms with Crippen molar-refractivity contribution in [1.82, 2.24) is 0 Å². The number of fused-ring (bicyclic) bond motifs is 1. The Morgan fingerprint density at radius 3 is 2.30 bits per heavy atom. The number of hydrogen-bond acceptors (Lipinski definition) is 2. The zero-order valence-electron chi connectivity index (χ0n) is 12.7. The Balaban J connectivity index is 1.68. The summed E-state index contributed by atoms with van der Waals surface area (Å²) in [6, 6.07) is 21.5. The molecule has 3 aromatic rings. The van der Waals surface area contributed by atoms with Crippen LogP contribution >= 0.6 is 15.9 Å². The van der Waals surface area contributed by atoms with E-state index in [1.807, 2.05) is 49.4 Å². The van der Waals surface area contributed by atoms with Gasteiger partial charge in [0.05, 0.1) is 0 Å². The molecule has 0 fully saturated rings. The molecule has 0 aliphatic rings. The normalized spacial score (nSPS) is 11.9. The van der Waals surface area contributed by atoms with E-state index in [0.717, 1.165) is 21.2 Å². The Hall–Kier alpha value is -2.33. The Morgan fingerprint density at radius 1 is 0.913 bits per heavy atom. The molecule has 1 amide bonds. The van der Waals surface area contributed by atoms with Gasteiger partial charge in [0, 0.05) is 15.8 Å². The summed E-state index contributed by atoms with van der Waals surface area (Å²) in [6.07, 6.45) is 0. The van der Waals surface area contributed by atoms with E-state index in [9.17, 15) is 4.79 Å². The maximum atomic E-state index is 12.3. The molecule has 2 N–H and O–H groups in total. The topological polar surface area (TPSA) is 41.1 Å². The number of rotatable bonds is 4. The highest BCUT2D eigenvalue weighted by atomic mass is 79.9. The SMILES string of the molecule is C[C@@H](Nc1ccc2ccccc2c1)C(=O)Nc1ccc(Br)cc1. The lowest BCUT2D eigenvalue weighted by atomic mass is 10.1. The summed E-state index contributed by atoms with van der Waals surface area (Å²) in [7, 11) is 0. The van der Waals surface area contributed by atoms with E-state index in [0.29, 0.717) is 0 Å². The summed E-state index contributed by atoms with van der Waals surface area (Å²) in [4.78, 5) is 12.3. The molecule has 3 rings (SSSR count). The minimum Gasteiger partial charge on any atom is -0.374 e. The molecular formula is C19H17BrN2O. The lowest BCUT2D eigenvalue weighted by Gasteiger charge is -2.16. The predicted molar refractivity (Wildman–Crippen MR) is 99.8 cm³/mol. The van der Waals surface area contributed by atoms with Crippen molar-refractivity contribution < 1.29 is 4.79 Å². The molecule has 1 atom stereocenters. The van der Waals surface area contributed by atoms with E-state index in [4.69, 9.17) is 0 Å². The summed E-state index contributed by atoms with van der Waals surface area (Å²) < 4.78 is 0.984. The largest absolute Gasteiger partial charge is 0.374 e. The second-order valence-electron chi connectivity index (χ2n) is 5.42. The van der Waals surface area contributed by atoms with E-state index >= 15 is 0 Å². The fourth-order valence-electron chi connectivity index (χ4n) is 2.38. The van der Waals surface area contributed by atoms with Crippen LogP contribution in [0.25, 0.3) is 10.8 Å². The van der Waals surface area contributed by atoms with E-state index in [1.165, 1.54) is 5.39 Å². The first-order valence-corrected chi connectivity index (χ1v) is 8.23. The molecule has 4 heteroatoms. The third-order valence-electron chi connectivity index (χ3n) is 3.64. The van der Waals surface area contributed by atoms with Crippen molar-refractivity contribution in [3.63, 3.8) is 0 Å². The molecule has 0 bridgehead atoms. The van der Waals surface area contributed by atoms with Crippen molar-refractivity contribution in [2.75, 3.05) is 10.6 Å². The summed E-state index contributed by atoms with van der Waals surface area (Å²) in [5.74, 6) is -0.0690. The van der Waals surface area contributed by atoms with Gasteiger partial charge in [-0.2, -0.15) is 0 Å². The van der Waals surface area contributed by atoms with Crippen molar-refractivity contribution in [1.29, 1.82) is 0 Å². The van der Waals surface area contributed by atoms with Gasteiger partial charge in [-0.3, -0.25) is 4.79 Å². The molecule has 0 radical (unpaired) electrons. The molecule has 0 aliphatic carbocycles. The Bertz CT molecular complexity index is 830. The standard InChI is InChI=1S/C19H17BrN2O/c1-13(19(23)22-17-10-7-16(20)8-11-17)21-18-9-6-14-4-2-3-5-15(14)12-18/h2-13,21H,1H3,(H,22,23)/t13-/m1/s1. The minimum absolute atomic E-state index is 0.0690. The molecule has 23 heavy (non-hydrogen) atoms. The maximum absolute atomic E-state index is 12.3. The van der Waals surface area contributed by atoms with Gasteiger partial charge in [0.2, 0.25) is 5.91 Å². The zero-order chi connectivity index (χ0) is 16.2. The summed E-state index contributed by atoms with van der Waals surface area (Å²) in [6.45, 7) is 1.85. The van der Waals surface area contributed by atoms with Crippen LogP contribution in [-0.2, 0) is 4.79 Å². The highest BCUT2D eigenvalue weighted by Crippen LogP contribution is 2.20.